The summed E-state index contributed by atoms with van der Waals surface area (Å²) < 4.78 is 10.9. The van der Waals surface area contributed by atoms with Crippen LogP contribution in [0.25, 0.3) is 0 Å². The Labute approximate surface area is 121 Å². The molecular weight excluding hydrogens is 256 g/mol. The van der Waals surface area contributed by atoms with Crippen molar-refractivity contribution in [2.75, 3.05) is 51.5 Å². The molecule has 6 nitrogen and oxygen atoms in total. The summed E-state index contributed by atoms with van der Waals surface area (Å²) in [7, 11) is 1.90. The van der Waals surface area contributed by atoms with Crippen LogP contribution in [0.2, 0.25) is 0 Å². The molecule has 0 spiro atoms. The third-order valence-corrected chi connectivity index (χ3v) is 2.77. The summed E-state index contributed by atoms with van der Waals surface area (Å²) in [6.45, 7) is 9.11. The van der Waals surface area contributed by atoms with Crippen LogP contribution in [0, 0.1) is 0 Å². The Bertz CT molecular complexity index is 353. The highest BCUT2D eigenvalue weighted by molar-refractivity contribution is 5.36. The van der Waals surface area contributed by atoms with Crippen molar-refractivity contribution in [2.45, 2.75) is 20.4 Å². The molecular formula is C14H26N4O2. The maximum atomic E-state index is 5.43. The molecule has 1 heterocycles. The Kier molecular flexibility index (Phi) is 8.86. The first kappa shape index (κ1) is 16.8. The number of nitrogens with zero attached hydrogens (tertiary/aromatic N) is 3. The molecule has 1 N–H and O–H groups in total. The summed E-state index contributed by atoms with van der Waals surface area (Å²) in [5.74, 6) is 0.872. The van der Waals surface area contributed by atoms with Crippen LogP contribution in [0.3, 0.4) is 0 Å². The molecule has 0 saturated heterocycles. The van der Waals surface area contributed by atoms with Gasteiger partial charge in [0.05, 0.1) is 25.1 Å². The monoisotopic (exact) mass is 282 g/mol. The van der Waals surface area contributed by atoms with Gasteiger partial charge in [0.15, 0.2) is 0 Å². The largest absolute Gasteiger partial charge is 0.380 e. The van der Waals surface area contributed by atoms with Crippen LogP contribution in [0.5, 0.6) is 0 Å². The first-order chi connectivity index (χ1) is 9.81. The topological polar surface area (TPSA) is 59.5 Å². The fourth-order valence-corrected chi connectivity index (χ4v) is 1.79. The fourth-order valence-electron chi connectivity index (χ4n) is 1.79. The predicted molar refractivity (Wildman–Crippen MR) is 80.0 cm³/mol. The minimum Gasteiger partial charge on any atom is -0.380 e. The zero-order valence-electron chi connectivity index (χ0n) is 12.8. The Morgan fingerprint density at radius 2 is 1.75 bits per heavy atom. The minimum atomic E-state index is 0.681. The molecule has 0 saturated carbocycles. The van der Waals surface area contributed by atoms with Gasteiger partial charge in [0.1, 0.15) is 5.82 Å². The normalized spacial score (nSPS) is 10.8. The average molecular weight is 282 g/mol. The van der Waals surface area contributed by atoms with E-state index in [0.29, 0.717) is 19.8 Å². The Balaban J connectivity index is 2.65. The Hall–Kier alpha value is -1.24. The quantitative estimate of drug-likeness (QED) is 0.613. The van der Waals surface area contributed by atoms with Gasteiger partial charge in [0, 0.05) is 39.0 Å². The van der Waals surface area contributed by atoms with Crippen molar-refractivity contribution in [1.82, 2.24) is 15.3 Å². The van der Waals surface area contributed by atoms with E-state index in [1.165, 1.54) is 0 Å². The molecule has 1 aromatic heterocycles. The maximum Gasteiger partial charge on any atom is 0.147 e. The smallest absolute Gasteiger partial charge is 0.147 e. The molecule has 0 aliphatic rings. The van der Waals surface area contributed by atoms with Crippen LogP contribution in [0.4, 0.5) is 5.82 Å². The van der Waals surface area contributed by atoms with Gasteiger partial charge >= 0.3 is 0 Å². The van der Waals surface area contributed by atoms with Gasteiger partial charge in [-0.05, 0) is 20.9 Å². The van der Waals surface area contributed by atoms with Crippen molar-refractivity contribution in [2.24, 2.45) is 0 Å². The molecule has 0 bridgehead atoms. The lowest BCUT2D eigenvalue weighted by Crippen LogP contribution is -2.32. The molecule has 0 aliphatic carbocycles. The van der Waals surface area contributed by atoms with Crippen molar-refractivity contribution < 1.29 is 9.47 Å². The van der Waals surface area contributed by atoms with E-state index in [4.69, 9.17) is 9.47 Å². The van der Waals surface area contributed by atoms with E-state index in [0.717, 1.165) is 37.8 Å². The molecule has 0 amide bonds. The average Bonchev–Trinajstić information content (AvgIpc) is 2.47. The summed E-state index contributed by atoms with van der Waals surface area (Å²) in [5.41, 5.74) is 0.933. The lowest BCUT2D eigenvalue weighted by atomic mass is 10.4. The van der Waals surface area contributed by atoms with Gasteiger partial charge in [-0.3, -0.25) is 4.98 Å². The van der Waals surface area contributed by atoms with Gasteiger partial charge in [-0.2, -0.15) is 0 Å². The van der Waals surface area contributed by atoms with E-state index in [9.17, 15) is 0 Å². The van der Waals surface area contributed by atoms with E-state index < -0.39 is 0 Å². The lowest BCUT2D eigenvalue weighted by Gasteiger charge is -2.23. The van der Waals surface area contributed by atoms with Crippen LogP contribution in [-0.4, -0.2) is 56.5 Å². The highest BCUT2D eigenvalue weighted by Gasteiger charge is 2.09. The highest BCUT2D eigenvalue weighted by Crippen LogP contribution is 2.09. The third kappa shape index (κ3) is 6.27. The van der Waals surface area contributed by atoms with Crippen molar-refractivity contribution in [3.63, 3.8) is 0 Å². The van der Waals surface area contributed by atoms with Crippen LogP contribution in [-0.2, 0) is 16.0 Å². The molecule has 20 heavy (non-hydrogen) atoms. The van der Waals surface area contributed by atoms with Gasteiger partial charge in [-0.1, -0.05) is 0 Å². The van der Waals surface area contributed by atoms with E-state index in [1.807, 2.05) is 20.9 Å². The Morgan fingerprint density at radius 3 is 2.30 bits per heavy atom. The van der Waals surface area contributed by atoms with Crippen LogP contribution < -0.4 is 10.2 Å². The zero-order valence-corrected chi connectivity index (χ0v) is 12.8. The van der Waals surface area contributed by atoms with Crippen molar-refractivity contribution in [3.05, 3.63) is 18.1 Å². The van der Waals surface area contributed by atoms with Crippen molar-refractivity contribution >= 4 is 5.82 Å². The SMILES string of the molecule is CCOCCN(CCOCC)c1cncc(CNC)n1. The number of hydrogen-bond donors (Lipinski definition) is 1. The van der Waals surface area contributed by atoms with Gasteiger partial charge in [-0.25, -0.2) is 4.98 Å². The number of hydrogen-bond acceptors (Lipinski definition) is 6. The molecule has 0 atom stereocenters. The molecule has 0 fully saturated rings. The van der Waals surface area contributed by atoms with Crippen molar-refractivity contribution in [3.8, 4) is 0 Å². The van der Waals surface area contributed by atoms with Gasteiger partial charge in [0.2, 0.25) is 0 Å². The van der Waals surface area contributed by atoms with Crippen LogP contribution in [0.1, 0.15) is 19.5 Å². The number of aromatic nitrogens is 2. The second kappa shape index (κ2) is 10.5. The molecule has 114 valence electrons. The van der Waals surface area contributed by atoms with E-state index in [-0.39, 0.29) is 0 Å². The standard InChI is InChI=1S/C14H26N4O2/c1-4-19-8-6-18(7-9-20-5-2)14-12-16-11-13(17-14)10-15-3/h11-12,15H,4-10H2,1-3H3. The predicted octanol–water partition coefficient (Wildman–Crippen LogP) is 1.08. The summed E-state index contributed by atoms with van der Waals surface area (Å²) in [6.07, 6.45) is 3.57. The van der Waals surface area contributed by atoms with Gasteiger partial charge < -0.3 is 19.7 Å². The summed E-state index contributed by atoms with van der Waals surface area (Å²) >= 11 is 0. The van der Waals surface area contributed by atoms with Crippen molar-refractivity contribution in [1.29, 1.82) is 0 Å². The van der Waals surface area contributed by atoms with E-state index in [2.05, 4.69) is 20.2 Å². The van der Waals surface area contributed by atoms with E-state index >= 15 is 0 Å². The molecule has 1 aromatic rings. The first-order valence-corrected chi connectivity index (χ1v) is 7.17. The highest BCUT2D eigenvalue weighted by atomic mass is 16.5. The number of rotatable bonds is 11. The second-order valence-corrected chi connectivity index (χ2v) is 4.28. The molecule has 0 unspecified atom stereocenters. The minimum absolute atomic E-state index is 0.681. The Morgan fingerprint density at radius 1 is 1.10 bits per heavy atom. The molecule has 6 heteroatoms. The fraction of sp³-hybridized carbons (Fsp3) is 0.714. The van der Waals surface area contributed by atoms with Gasteiger partial charge in [0.25, 0.3) is 0 Å². The second-order valence-electron chi connectivity index (χ2n) is 4.28. The summed E-state index contributed by atoms with van der Waals surface area (Å²) in [6, 6.07) is 0. The number of anilines is 1. The molecule has 0 aromatic carbocycles. The van der Waals surface area contributed by atoms with Crippen LogP contribution in [0.15, 0.2) is 12.4 Å². The maximum absolute atomic E-state index is 5.43. The molecule has 0 aliphatic heterocycles. The number of ether oxygens (including phenoxy) is 2. The van der Waals surface area contributed by atoms with Gasteiger partial charge in [-0.15, -0.1) is 0 Å². The summed E-state index contributed by atoms with van der Waals surface area (Å²) in [4.78, 5) is 11.0. The third-order valence-electron chi connectivity index (χ3n) is 2.77. The molecule has 1 rings (SSSR count). The summed E-state index contributed by atoms with van der Waals surface area (Å²) in [5, 5.41) is 3.08. The first-order valence-electron chi connectivity index (χ1n) is 7.17. The zero-order chi connectivity index (χ0) is 14.6. The van der Waals surface area contributed by atoms with E-state index in [1.54, 1.807) is 12.4 Å². The molecule has 0 radical (unpaired) electrons. The number of nitrogens with one attached hydrogen (secondary N) is 1. The van der Waals surface area contributed by atoms with Crippen LogP contribution >= 0.6 is 0 Å². The lowest BCUT2D eigenvalue weighted by molar-refractivity contribution is 0.141.